The van der Waals surface area contributed by atoms with Gasteiger partial charge in [-0.05, 0) is 37.8 Å². The summed E-state index contributed by atoms with van der Waals surface area (Å²) in [5.74, 6) is 0.276. The number of ketones is 1. The summed E-state index contributed by atoms with van der Waals surface area (Å²) in [6.07, 6.45) is 4.24. The first-order valence-corrected chi connectivity index (χ1v) is 8.73. The summed E-state index contributed by atoms with van der Waals surface area (Å²) in [6, 6.07) is 0. The fraction of sp³-hybridized carbons (Fsp3) is 0.750. The van der Waals surface area contributed by atoms with Crippen molar-refractivity contribution < 1.29 is 4.79 Å². The van der Waals surface area contributed by atoms with Crippen LogP contribution in [0.2, 0.25) is 0 Å². The Bertz CT molecular complexity index is 532. The fourth-order valence-corrected chi connectivity index (χ4v) is 4.27. The maximum Gasteiger partial charge on any atom is 0.186 e. The predicted octanol–water partition coefficient (Wildman–Crippen LogP) is 2.83. The normalized spacial score (nSPS) is 21.6. The molecule has 0 saturated carbocycles. The molecular weight excluding hydrogens is 282 g/mol. The first-order chi connectivity index (χ1) is 9.94. The Balaban J connectivity index is 1.67. The van der Waals surface area contributed by atoms with Gasteiger partial charge in [-0.1, -0.05) is 25.2 Å². The predicted molar refractivity (Wildman–Crippen MR) is 87.5 cm³/mol. The molecule has 1 aliphatic carbocycles. The van der Waals surface area contributed by atoms with E-state index < -0.39 is 0 Å². The Labute approximate surface area is 131 Å². The molecule has 0 amide bonds. The van der Waals surface area contributed by atoms with Gasteiger partial charge in [-0.15, -0.1) is 0 Å². The molecule has 2 aliphatic rings. The Morgan fingerprint density at radius 1 is 1.29 bits per heavy atom. The number of likely N-dealkylation sites (tertiary alicyclic amines) is 1. The summed E-state index contributed by atoms with van der Waals surface area (Å²) < 4.78 is 0. The van der Waals surface area contributed by atoms with Gasteiger partial charge in [0.1, 0.15) is 0 Å². The molecule has 1 aliphatic heterocycles. The van der Waals surface area contributed by atoms with Crippen LogP contribution in [-0.2, 0) is 6.42 Å². The Morgan fingerprint density at radius 2 is 2.00 bits per heavy atom. The van der Waals surface area contributed by atoms with Crippen LogP contribution < -0.4 is 4.90 Å². The van der Waals surface area contributed by atoms with Gasteiger partial charge in [-0.25, -0.2) is 4.98 Å². The van der Waals surface area contributed by atoms with Gasteiger partial charge in [0.25, 0.3) is 0 Å². The van der Waals surface area contributed by atoms with Gasteiger partial charge >= 0.3 is 0 Å². The molecular formula is C16H25N3OS. The quantitative estimate of drug-likeness (QED) is 0.857. The molecule has 0 unspecified atom stereocenters. The third-order valence-corrected chi connectivity index (χ3v) is 5.75. The Hall–Kier alpha value is -0.940. The number of carbonyl (C=O) groups is 1. The molecule has 0 bridgehead atoms. The van der Waals surface area contributed by atoms with Gasteiger partial charge < -0.3 is 9.80 Å². The lowest BCUT2D eigenvalue weighted by Gasteiger charge is -2.26. The van der Waals surface area contributed by atoms with Crippen LogP contribution in [0.1, 0.15) is 48.5 Å². The van der Waals surface area contributed by atoms with Crippen molar-refractivity contribution in [3.63, 3.8) is 0 Å². The zero-order chi connectivity index (χ0) is 15.0. The van der Waals surface area contributed by atoms with Crippen molar-refractivity contribution in [2.45, 2.75) is 39.5 Å². The Morgan fingerprint density at radius 3 is 2.71 bits per heavy atom. The van der Waals surface area contributed by atoms with Crippen molar-refractivity contribution >= 4 is 22.3 Å². The highest BCUT2D eigenvalue weighted by molar-refractivity contribution is 7.17. The Kier molecular flexibility index (Phi) is 4.06. The summed E-state index contributed by atoms with van der Waals surface area (Å²) in [7, 11) is 2.09. The van der Waals surface area contributed by atoms with Crippen LogP contribution >= 0.6 is 11.3 Å². The molecule has 1 fully saturated rings. The molecule has 1 aromatic rings. The molecule has 0 aromatic carbocycles. The van der Waals surface area contributed by atoms with Crippen molar-refractivity contribution in [3.05, 3.63) is 10.6 Å². The average Bonchev–Trinajstić information content (AvgIpc) is 3.03. The maximum absolute atomic E-state index is 12.2. The van der Waals surface area contributed by atoms with Crippen molar-refractivity contribution in [2.75, 3.05) is 38.1 Å². The minimum absolute atomic E-state index is 0.0591. The number of carbonyl (C=O) groups excluding carboxylic acids is 1. The molecule has 1 aromatic heterocycles. The van der Waals surface area contributed by atoms with Crippen molar-refractivity contribution in [1.29, 1.82) is 0 Å². The highest BCUT2D eigenvalue weighted by atomic mass is 32.1. The van der Waals surface area contributed by atoms with E-state index in [0.29, 0.717) is 6.42 Å². The number of Topliss-reactive ketones (excluding diaryl/α,β-unsaturated/α-hetero) is 1. The molecule has 0 atom stereocenters. The lowest BCUT2D eigenvalue weighted by atomic mass is 9.78. The van der Waals surface area contributed by atoms with Crippen LogP contribution in [-0.4, -0.2) is 48.9 Å². The molecule has 3 rings (SSSR count). The first-order valence-electron chi connectivity index (χ1n) is 7.91. The monoisotopic (exact) mass is 307 g/mol. The van der Waals surface area contributed by atoms with Crippen LogP contribution in [0.25, 0.3) is 0 Å². The summed E-state index contributed by atoms with van der Waals surface area (Å²) in [5, 5.41) is 1.00. The maximum atomic E-state index is 12.2. The molecule has 0 spiro atoms. The van der Waals surface area contributed by atoms with Gasteiger partial charge in [-0.3, -0.25) is 4.79 Å². The first kappa shape index (κ1) is 15.0. The van der Waals surface area contributed by atoms with Crippen molar-refractivity contribution in [3.8, 4) is 0 Å². The smallest absolute Gasteiger partial charge is 0.186 e. The topological polar surface area (TPSA) is 36.4 Å². The van der Waals surface area contributed by atoms with E-state index in [2.05, 4.69) is 30.7 Å². The van der Waals surface area contributed by atoms with Gasteiger partial charge in [0.05, 0.1) is 10.6 Å². The third kappa shape index (κ3) is 3.29. The molecule has 5 heteroatoms. The number of likely N-dealkylation sites (N-methyl/N-ethyl adjacent to an activating group) is 1. The van der Waals surface area contributed by atoms with Gasteiger partial charge in [0, 0.05) is 26.6 Å². The van der Waals surface area contributed by atoms with Crippen molar-refractivity contribution in [2.24, 2.45) is 5.41 Å². The number of thiazole rings is 1. The summed E-state index contributed by atoms with van der Waals surface area (Å²) in [5.41, 5.74) is 1.08. The van der Waals surface area contributed by atoms with E-state index in [-0.39, 0.29) is 11.2 Å². The minimum Gasteiger partial charge on any atom is -0.350 e. The number of hydrogen-bond acceptors (Lipinski definition) is 5. The van der Waals surface area contributed by atoms with Crippen molar-refractivity contribution in [1.82, 2.24) is 9.88 Å². The summed E-state index contributed by atoms with van der Waals surface area (Å²) in [6.45, 7) is 8.86. The number of rotatable bonds is 4. The van der Waals surface area contributed by atoms with Crippen LogP contribution in [0.15, 0.2) is 0 Å². The van der Waals surface area contributed by atoms with Gasteiger partial charge in [0.15, 0.2) is 10.9 Å². The summed E-state index contributed by atoms with van der Waals surface area (Å²) >= 11 is 1.58. The second-order valence-electron chi connectivity index (χ2n) is 7.18. The second-order valence-corrected chi connectivity index (χ2v) is 8.16. The van der Waals surface area contributed by atoms with E-state index in [1.165, 1.54) is 25.9 Å². The number of aromatic nitrogens is 1. The third-order valence-electron chi connectivity index (χ3n) is 4.50. The molecule has 116 valence electrons. The standard InChI is InChI=1S/C16H25N3OS/c1-16(2)10-12-14(13(20)11-16)21-15(17-12)18(3)8-9-19-6-4-5-7-19/h4-11H2,1-3H3. The molecule has 0 radical (unpaired) electrons. The van der Waals surface area contributed by atoms with E-state index >= 15 is 0 Å². The molecule has 21 heavy (non-hydrogen) atoms. The lowest BCUT2D eigenvalue weighted by molar-refractivity contribution is 0.0916. The highest BCUT2D eigenvalue weighted by Crippen LogP contribution is 2.38. The zero-order valence-electron chi connectivity index (χ0n) is 13.3. The molecule has 2 heterocycles. The van der Waals surface area contributed by atoms with E-state index in [1.807, 2.05) is 0 Å². The number of anilines is 1. The molecule has 0 N–H and O–H groups in total. The number of fused-ring (bicyclic) bond motifs is 1. The average molecular weight is 307 g/mol. The minimum atomic E-state index is 0.0591. The zero-order valence-corrected chi connectivity index (χ0v) is 14.1. The SMILES string of the molecule is CN(CCN1CCCC1)c1nc2c(s1)C(=O)CC(C)(C)C2. The van der Waals surface area contributed by atoms with E-state index in [0.717, 1.165) is 35.2 Å². The van der Waals surface area contributed by atoms with E-state index in [1.54, 1.807) is 11.3 Å². The van der Waals surface area contributed by atoms with Crippen LogP contribution in [0.4, 0.5) is 5.13 Å². The lowest BCUT2D eigenvalue weighted by Crippen LogP contribution is -2.31. The van der Waals surface area contributed by atoms with E-state index in [4.69, 9.17) is 4.98 Å². The van der Waals surface area contributed by atoms with Gasteiger partial charge in [0.2, 0.25) is 0 Å². The van der Waals surface area contributed by atoms with Gasteiger partial charge in [-0.2, -0.15) is 0 Å². The highest BCUT2D eigenvalue weighted by Gasteiger charge is 2.34. The molecule has 4 nitrogen and oxygen atoms in total. The summed E-state index contributed by atoms with van der Waals surface area (Å²) in [4.78, 5) is 22.6. The largest absolute Gasteiger partial charge is 0.350 e. The fourth-order valence-electron chi connectivity index (χ4n) is 3.26. The van der Waals surface area contributed by atoms with E-state index in [9.17, 15) is 4.79 Å². The van der Waals surface area contributed by atoms with Crippen LogP contribution in [0.3, 0.4) is 0 Å². The second kappa shape index (κ2) is 5.69. The van der Waals surface area contributed by atoms with Crippen LogP contribution in [0.5, 0.6) is 0 Å². The number of nitrogens with zero attached hydrogens (tertiary/aromatic N) is 3. The number of hydrogen-bond donors (Lipinski definition) is 0. The van der Waals surface area contributed by atoms with Crippen LogP contribution in [0, 0.1) is 5.41 Å². The molecule has 1 saturated heterocycles.